The number of hydrogen-bond donors (Lipinski definition) is 2. The van der Waals surface area contributed by atoms with Crippen LogP contribution in [0.15, 0.2) is 18.2 Å². The van der Waals surface area contributed by atoms with Gasteiger partial charge in [0.25, 0.3) is 0 Å². The van der Waals surface area contributed by atoms with Crippen molar-refractivity contribution in [2.45, 2.75) is 19.3 Å². The third-order valence-electron chi connectivity index (χ3n) is 3.64. The van der Waals surface area contributed by atoms with Gasteiger partial charge in [-0.2, -0.15) is 0 Å². The molecule has 1 saturated heterocycles. The number of fused-ring (bicyclic) bond motifs is 1. The van der Waals surface area contributed by atoms with Crippen molar-refractivity contribution in [3.63, 3.8) is 0 Å². The molecule has 3 heteroatoms. The quantitative estimate of drug-likeness (QED) is 0.818. The van der Waals surface area contributed by atoms with Gasteiger partial charge in [-0.15, -0.1) is 0 Å². The van der Waals surface area contributed by atoms with E-state index < -0.39 is 0 Å². The van der Waals surface area contributed by atoms with E-state index >= 15 is 0 Å². The second-order valence-corrected chi connectivity index (χ2v) is 5.02. The van der Waals surface area contributed by atoms with E-state index in [4.69, 9.17) is 4.74 Å². The van der Waals surface area contributed by atoms with Crippen molar-refractivity contribution in [1.29, 1.82) is 0 Å². The van der Waals surface area contributed by atoms with Gasteiger partial charge in [-0.05, 0) is 56.0 Å². The van der Waals surface area contributed by atoms with Gasteiger partial charge < -0.3 is 15.4 Å². The number of ether oxygens (including phenoxy) is 1. The van der Waals surface area contributed by atoms with E-state index in [9.17, 15) is 0 Å². The predicted octanol–water partition coefficient (Wildman–Crippen LogP) is 2.03. The molecule has 0 amide bonds. The zero-order valence-corrected chi connectivity index (χ0v) is 10.2. The van der Waals surface area contributed by atoms with Gasteiger partial charge >= 0.3 is 0 Å². The molecule has 92 valence electrons. The zero-order valence-electron chi connectivity index (χ0n) is 10.2. The Morgan fingerprint density at radius 2 is 2.29 bits per heavy atom. The molecule has 1 atom stereocenters. The van der Waals surface area contributed by atoms with Crippen LogP contribution in [0.5, 0.6) is 5.75 Å². The Bertz CT molecular complexity index is 386. The highest BCUT2D eigenvalue weighted by Gasteiger charge is 2.15. The van der Waals surface area contributed by atoms with E-state index in [1.54, 1.807) is 0 Å². The van der Waals surface area contributed by atoms with Crippen LogP contribution in [0.3, 0.4) is 0 Å². The molecule has 2 heterocycles. The van der Waals surface area contributed by atoms with E-state index in [0.29, 0.717) is 0 Å². The molecule has 0 aromatic heterocycles. The summed E-state index contributed by atoms with van der Waals surface area (Å²) in [6, 6.07) is 6.57. The van der Waals surface area contributed by atoms with Crippen molar-refractivity contribution in [3.8, 4) is 5.75 Å². The monoisotopic (exact) mass is 232 g/mol. The number of rotatable bonds is 2. The summed E-state index contributed by atoms with van der Waals surface area (Å²) in [7, 11) is 0. The van der Waals surface area contributed by atoms with Gasteiger partial charge in [0.2, 0.25) is 0 Å². The summed E-state index contributed by atoms with van der Waals surface area (Å²) in [5.74, 6) is 1.80. The van der Waals surface area contributed by atoms with Crippen molar-refractivity contribution < 1.29 is 4.74 Å². The molecule has 17 heavy (non-hydrogen) atoms. The van der Waals surface area contributed by atoms with Crippen LogP contribution in [-0.2, 0) is 6.42 Å². The summed E-state index contributed by atoms with van der Waals surface area (Å²) in [6.07, 6.45) is 3.85. The molecule has 2 N–H and O–H groups in total. The molecule has 3 rings (SSSR count). The second kappa shape index (κ2) is 4.96. The van der Waals surface area contributed by atoms with Crippen LogP contribution in [0.25, 0.3) is 0 Å². The van der Waals surface area contributed by atoms with Gasteiger partial charge in [-0.25, -0.2) is 0 Å². The standard InChI is InChI=1S/C14H20N2O/c1-2-12(10-15-5-1)8-11-3-4-14-13(9-11)16-6-7-17-14/h3-4,9,12,15-16H,1-2,5-8,10H2. The molecular formula is C14H20N2O. The van der Waals surface area contributed by atoms with E-state index in [0.717, 1.165) is 30.5 Å². The van der Waals surface area contributed by atoms with Crippen LogP contribution in [0.2, 0.25) is 0 Å². The first kappa shape index (κ1) is 10.9. The van der Waals surface area contributed by atoms with Crippen LogP contribution in [0.1, 0.15) is 18.4 Å². The summed E-state index contributed by atoms with van der Waals surface area (Å²) in [6.45, 7) is 4.05. The Kier molecular flexibility index (Phi) is 3.18. The predicted molar refractivity (Wildman–Crippen MR) is 69.7 cm³/mol. The Morgan fingerprint density at radius 1 is 1.29 bits per heavy atom. The maximum Gasteiger partial charge on any atom is 0.142 e. The topological polar surface area (TPSA) is 33.3 Å². The van der Waals surface area contributed by atoms with Crippen LogP contribution >= 0.6 is 0 Å². The Hall–Kier alpha value is -1.22. The number of benzene rings is 1. The number of nitrogens with one attached hydrogen (secondary N) is 2. The SMILES string of the molecule is c1cc2c(cc1CC1CCCNC1)NCCO2. The summed E-state index contributed by atoms with van der Waals surface area (Å²) in [5, 5.41) is 6.88. The fourth-order valence-corrected chi connectivity index (χ4v) is 2.75. The average Bonchev–Trinajstić information content (AvgIpc) is 2.40. The minimum absolute atomic E-state index is 0.777. The zero-order chi connectivity index (χ0) is 11.5. The van der Waals surface area contributed by atoms with Gasteiger partial charge in [-0.1, -0.05) is 6.07 Å². The average molecular weight is 232 g/mol. The minimum Gasteiger partial charge on any atom is -0.490 e. The Labute approximate surface area is 103 Å². The largest absolute Gasteiger partial charge is 0.490 e. The summed E-state index contributed by atoms with van der Waals surface area (Å²) in [4.78, 5) is 0. The van der Waals surface area contributed by atoms with E-state index in [1.165, 1.54) is 37.9 Å². The molecular weight excluding hydrogens is 212 g/mol. The van der Waals surface area contributed by atoms with Gasteiger partial charge in [0.15, 0.2) is 0 Å². The van der Waals surface area contributed by atoms with Gasteiger partial charge in [-0.3, -0.25) is 0 Å². The molecule has 0 aliphatic carbocycles. The maximum atomic E-state index is 5.59. The first-order valence-electron chi connectivity index (χ1n) is 6.62. The summed E-state index contributed by atoms with van der Waals surface area (Å²) in [5.41, 5.74) is 2.59. The summed E-state index contributed by atoms with van der Waals surface area (Å²) >= 11 is 0. The molecule has 3 nitrogen and oxygen atoms in total. The third kappa shape index (κ3) is 2.55. The van der Waals surface area contributed by atoms with Crippen LogP contribution in [0.4, 0.5) is 5.69 Å². The van der Waals surface area contributed by atoms with Gasteiger partial charge in [0, 0.05) is 6.54 Å². The number of anilines is 1. The first-order chi connectivity index (χ1) is 8.42. The third-order valence-corrected chi connectivity index (χ3v) is 3.64. The molecule has 2 aliphatic heterocycles. The number of piperidine rings is 1. The molecule has 1 aromatic carbocycles. The summed E-state index contributed by atoms with van der Waals surface area (Å²) < 4.78 is 5.59. The molecule has 1 aromatic rings. The molecule has 0 radical (unpaired) electrons. The normalized spacial score (nSPS) is 23.4. The first-order valence-corrected chi connectivity index (χ1v) is 6.62. The smallest absolute Gasteiger partial charge is 0.142 e. The molecule has 1 unspecified atom stereocenters. The van der Waals surface area contributed by atoms with Crippen LogP contribution in [0, 0.1) is 5.92 Å². The van der Waals surface area contributed by atoms with Crippen molar-refractivity contribution >= 4 is 5.69 Å². The van der Waals surface area contributed by atoms with Crippen LogP contribution in [-0.4, -0.2) is 26.2 Å². The maximum absolute atomic E-state index is 5.59. The Morgan fingerprint density at radius 3 is 3.18 bits per heavy atom. The van der Waals surface area contributed by atoms with Crippen molar-refractivity contribution in [1.82, 2.24) is 5.32 Å². The lowest BCUT2D eigenvalue weighted by Crippen LogP contribution is -2.30. The fraction of sp³-hybridized carbons (Fsp3) is 0.571. The Balaban J connectivity index is 1.70. The van der Waals surface area contributed by atoms with Crippen molar-refractivity contribution in [2.75, 3.05) is 31.6 Å². The van der Waals surface area contributed by atoms with Crippen LogP contribution < -0.4 is 15.4 Å². The number of hydrogen-bond acceptors (Lipinski definition) is 3. The molecule has 0 bridgehead atoms. The van der Waals surface area contributed by atoms with E-state index in [1.807, 2.05) is 0 Å². The highest BCUT2D eigenvalue weighted by molar-refractivity contribution is 5.59. The van der Waals surface area contributed by atoms with E-state index in [2.05, 4.69) is 28.8 Å². The lowest BCUT2D eigenvalue weighted by molar-refractivity contribution is 0.323. The fourth-order valence-electron chi connectivity index (χ4n) is 2.75. The highest BCUT2D eigenvalue weighted by atomic mass is 16.5. The molecule has 0 spiro atoms. The lowest BCUT2D eigenvalue weighted by atomic mass is 9.92. The molecule has 2 aliphatic rings. The minimum atomic E-state index is 0.777. The van der Waals surface area contributed by atoms with Gasteiger partial charge in [0.05, 0.1) is 5.69 Å². The second-order valence-electron chi connectivity index (χ2n) is 5.02. The van der Waals surface area contributed by atoms with Crippen molar-refractivity contribution in [2.24, 2.45) is 5.92 Å². The highest BCUT2D eigenvalue weighted by Crippen LogP contribution is 2.29. The molecule has 1 fully saturated rings. The molecule has 0 saturated carbocycles. The lowest BCUT2D eigenvalue weighted by Gasteiger charge is -2.24. The van der Waals surface area contributed by atoms with Crippen molar-refractivity contribution in [3.05, 3.63) is 23.8 Å². The van der Waals surface area contributed by atoms with E-state index in [-0.39, 0.29) is 0 Å². The van der Waals surface area contributed by atoms with Gasteiger partial charge in [0.1, 0.15) is 12.4 Å².